The predicted molar refractivity (Wildman–Crippen MR) is 61.3 cm³/mol. The molecule has 1 aromatic rings. The van der Waals surface area contributed by atoms with Crippen molar-refractivity contribution in [2.24, 2.45) is 0 Å². The molecule has 0 aliphatic rings. The Labute approximate surface area is 95.0 Å². The van der Waals surface area contributed by atoms with Crippen molar-refractivity contribution in [3.63, 3.8) is 0 Å². The van der Waals surface area contributed by atoms with Crippen molar-refractivity contribution in [3.8, 4) is 6.07 Å². The van der Waals surface area contributed by atoms with Crippen molar-refractivity contribution in [1.82, 2.24) is 0 Å². The molecule has 0 aliphatic carbocycles. The summed E-state index contributed by atoms with van der Waals surface area (Å²) in [5, 5.41) is 8.75. The van der Waals surface area contributed by atoms with Crippen LogP contribution in [0.2, 0.25) is 0 Å². The smallest absolute Gasteiger partial charge is 0.177 e. The number of benzene rings is 1. The third-order valence-electron chi connectivity index (χ3n) is 2.13. The van der Waals surface area contributed by atoms with Crippen molar-refractivity contribution in [2.75, 3.05) is 32.2 Å². The largest absolute Gasteiger partial charge is 0.377 e. The summed E-state index contributed by atoms with van der Waals surface area (Å²) in [6, 6.07) is 9.20. The van der Waals surface area contributed by atoms with Crippen LogP contribution in [-0.4, -0.2) is 33.1 Å². The molecule has 4 nitrogen and oxygen atoms in total. The zero-order valence-electron chi connectivity index (χ0n) is 9.43. The summed E-state index contributed by atoms with van der Waals surface area (Å²) in [6.45, 7) is 0.394. The minimum absolute atomic E-state index is 0.00682. The maximum Gasteiger partial charge on any atom is 0.177 e. The molecule has 0 N–H and O–H groups in total. The van der Waals surface area contributed by atoms with Crippen LogP contribution in [0.25, 0.3) is 0 Å². The Morgan fingerprint density at radius 3 is 2.94 bits per heavy atom. The Balaban J connectivity index is 2.69. The van der Waals surface area contributed by atoms with Gasteiger partial charge in [0.15, 0.2) is 5.78 Å². The van der Waals surface area contributed by atoms with Crippen LogP contribution in [0.5, 0.6) is 0 Å². The van der Waals surface area contributed by atoms with Crippen molar-refractivity contribution in [3.05, 3.63) is 29.8 Å². The van der Waals surface area contributed by atoms with Gasteiger partial charge < -0.3 is 9.64 Å². The molecular formula is C12H14N2O2. The van der Waals surface area contributed by atoms with Gasteiger partial charge in [-0.2, -0.15) is 5.26 Å². The Morgan fingerprint density at radius 1 is 1.56 bits per heavy atom. The first-order valence-corrected chi connectivity index (χ1v) is 4.89. The van der Waals surface area contributed by atoms with Crippen LogP contribution in [-0.2, 0) is 9.53 Å². The Bertz CT molecular complexity index is 410. The maximum absolute atomic E-state index is 11.3. The minimum atomic E-state index is 0.00682. The van der Waals surface area contributed by atoms with Gasteiger partial charge in [-0.05, 0) is 18.2 Å². The van der Waals surface area contributed by atoms with Gasteiger partial charge in [-0.3, -0.25) is 4.79 Å². The van der Waals surface area contributed by atoms with Crippen LogP contribution < -0.4 is 4.90 Å². The Hall–Kier alpha value is -1.86. The second kappa shape index (κ2) is 5.89. The van der Waals surface area contributed by atoms with Gasteiger partial charge in [0.1, 0.15) is 6.61 Å². The summed E-state index contributed by atoms with van der Waals surface area (Å²) in [6.07, 6.45) is 0. The molecule has 84 valence electrons. The van der Waals surface area contributed by atoms with E-state index in [4.69, 9.17) is 10.00 Å². The average molecular weight is 218 g/mol. The zero-order chi connectivity index (χ0) is 12.0. The first-order valence-electron chi connectivity index (χ1n) is 4.89. The number of anilines is 1. The number of rotatable bonds is 5. The Morgan fingerprint density at radius 2 is 2.31 bits per heavy atom. The first kappa shape index (κ1) is 12.2. The van der Waals surface area contributed by atoms with E-state index in [1.165, 1.54) is 7.11 Å². The van der Waals surface area contributed by atoms with Gasteiger partial charge in [0.05, 0.1) is 18.2 Å². The van der Waals surface area contributed by atoms with E-state index in [9.17, 15) is 4.79 Å². The van der Waals surface area contributed by atoms with Gasteiger partial charge in [-0.15, -0.1) is 0 Å². The lowest BCUT2D eigenvalue weighted by Crippen LogP contribution is -2.27. The second-order valence-electron chi connectivity index (χ2n) is 3.49. The van der Waals surface area contributed by atoms with Gasteiger partial charge in [0.2, 0.25) is 0 Å². The van der Waals surface area contributed by atoms with Gasteiger partial charge in [0, 0.05) is 19.8 Å². The molecule has 1 aromatic carbocycles. The summed E-state index contributed by atoms with van der Waals surface area (Å²) in [5.41, 5.74) is 1.44. The van der Waals surface area contributed by atoms with Crippen molar-refractivity contribution in [2.45, 2.75) is 0 Å². The van der Waals surface area contributed by atoms with Gasteiger partial charge in [-0.25, -0.2) is 0 Å². The molecule has 0 amide bonds. The zero-order valence-corrected chi connectivity index (χ0v) is 9.43. The van der Waals surface area contributed by atoms with E-state index in [-0.39, 0.29) is 18.9 Å². The molecule has 0 aromatic heterocycles. The number of methoxy groups -OCH3 is 1. The van der Waals surface area contributed by atoms with E-state index < -0.39 is 0 Å². The summed E-state index contributed by atoms with van der Waals surface area (Å²) < 4.78 is 4.76. The third kappa shape index (κ3) is 3.37. The normalized spacial score (nSPS) is 9.56. The van der Waals surface area contributed by atoms with Gasteiger partial charge >= 0.3 is 0 Å². The SMILES string of the molecule is COCC(=O)CN(C)c1cccc(C#N)c1. The lowest BCUT2D eigenvalue weighted by Gasteiger charge is -2.18. The van der Waals surface area contributed by atoms with E-state index in [0.29, 0.717) is 5.56 Å². The molecule has 16 heavy (non-hydrogen) atoms. The number of hydrogen-bond donors (Lipinski definition) is 0. The molecule has 0 fully saturated rings. The van der Waals surface area contributed by atoms with Crippen LogP contribution in [0.4, 0.5) is 5.69 Å². The number of carbonyl (C=O) groups excluding carboxylic acids is 1. The topological polar surface area (TPSA) is 53.3 Å². The van der Waals surface area contributed by atoms with E-state index >= 15 is 0 Å². The van der Waals surface area contributed by atoms with Crippen molar-refractivity contribution < 1.29 is 9.53 Å². The number of nitriles is 1. The Kier molecular flexibility index (Phi) is 4.49. The maximum atomic E-state index is 11.3. The fourth-order valence-electron chi connectivity index (χ4n) is 1.38. The van der Waals surface area contributed by atoms with E-state index in [1.54, 1.807) is 23.1 Å². The number of ketones is 1. The number of likely N-dealkylation sites (N-methyl/N-ethyl adjacent to an activating group) is 1. The summed E-state index contributed by atoms with van der Waals surface area (Å²) in [4.78, 5) is 13.1. The molecule has 0 unspecified atom stereocenters. The number of hydrogen-bond acceptors (Lipinski definition) is 4. The van der Waals surface area contributed by atoms with Crippen LogP contribution in [0.15, 0.2) is 24.3 Å². The fraction of sp³-hybridized carbons (Fsp3) is 0.333. The lowest BCUT2D eigenvalue weighted by molar-refractivity contribution is -0.121. The standard InChI is InChI=1S/C12H14N2O2/c1-14(8-12(15)9-16-2)11-5-3-4-10(6-11)7-13/h3-6H,8-9H2,1-2H3. The summed E-state index contributed by atoms with van der Waals surface area (Å²) >= 11 is 0. The first-order chi connectivity index (χ1) is 7.67. The fourth-order valence-corrected chi connectivity index (χ4v) is 1.38. The predicted octanol–water partition coefficient (Wildman–Crippen LogP) is 1.21. The number of Topliss-reactive ketones (excluding diaryl/α,β-unsaturated/α-hetero) is 1. The molecule has 0 radical (unpaired) electrons. The second-order valence-corrected chi connectivity index (χ2v) is 3.49. The molecule has 0 spiro atoms. The molecule has 1 rings (SSSR count). The monoisotopic (exact) mass is 218 g/mol. The van der Waals surface area contributed by atoms with E-state index in [0.717, 1.165) is 5.69 Å². The molecule has 0 aliphatic heterocycles. The number of nitrogens with zero attached hydrogens (tertiary/aromatic N) is 2. The highest BCUT2D eigenvalue weighted by Crippen LogP contribution is 2.13. The van der Waals surface area contributed by atoms with Crippen molar-refractivity contribution >= 4 is 11.5 Å². The third-order valence-corrected chi connectivity index (χ3v) is 2.13. The lowest BCUT2D eigenvalue weighted by atomic mass is 10.2. The minimum Gasteiger partial charge on any atom is -0.377 e. The van der Waals surface area contributed by atoms with Crippen molar-refractivity contribution in [1.29, 1.82) is 5.26 Å². The number of ether oxygens (including phenoxy) is 1. The molecule has 0 bridgehead atoms. The van der Waals surface area contributed by atoms with E-state index in [1.807, 2.05) is 13.1 Å². The molecule has 0 atom stereocenters. The molecule has 0 saturated carbocycles. The van der Waals surface area contributed by atoms with Crippen LogP contribution in [0.3, 0.4) is 0 Å². The molecular weight excluding hydrogens is 204 g/mol. The molecule has 0 heterocycles. The molecule has 4 heteroatoms. The summed E-state index contributed by atoms with van der Waals surface area (Å²) in [5.74, 6) is 0.00682. The van der Waals surface area contributed by atoms with Crippen LogP contribution in [0, 0.1) is 11.3 Å². The number of carbonyl (C=O) groups is 1. The van der Waals surface area contributed by atoms with E-state index in [2.05, 4.69) is 6.07 Å². The highest BCUT2D eigenvalue weighted by atomic mass is 16.5. The highest BCUT2D eigenvalue weighted by Gasteiger charge is 2.07. The average Bonchev–Trinajstić information content (AvgIpc) is 2.29. The van der Waals surface area contributed by atoms with Gasteiger partial charge in [0.25, 0.3) is 0 Å². The highest BCUT2D eigenvalue weighted by molar-refractivity contribution is 5.84. The quantitative estimate of drug-likeness (QED) is 0.745. The van der Waals surface area contributed by atoms with Crippen LogP contribution in [0.1, 0.15) is 5.56 Å². The van der Waals surface area contributed by atoms with Gasteiger partial charge in [-0.1, -0.05) is 6.07 Å². The summed E-state index contributed by atoms with van der Waals surface area (Å²) in [7, 11) is 3.30. The molecule has 0 saturated heterocycles. The van der Waals surface area contributed by atoms with Crippen LogP contribution >= 0.6 is 0 Å².